The van der Waals surface area contributed by atoms with E-state index in [0.29, 0.717) is 21.7 Å². The van der Waals surface area contributed by atoms with Crippen molar-refractivity contribution in [1.29, 1.82) is 0 Å². The highest BCUT2D eigenvalue weighted by Gasteiger charge is 2.23. The van der Waals surface area contributed by atoms with Crippen LogP contribution in [0.1, 0.15) is 15.9 Å². The minimum atomic E-state index is -1.21. The number of ketones is 1. The first-order valence-electron chi connectivity index (χ1n) is 9.53. The number of hydrogen-bond acceptors (Lipinski definition) is 5. The summed E-state index contributed by atoms with van der Waals surface area (Å²) in [5, 5.41) is 5.14. The zero-order valence-corrected chi connectivity index (χ0v) is 17.8. The topological polar surface area (TPSA) is 93.2 Å². The van der Waals surface area contributed by atoms with Crippen LogP contribution in [-0.4, -0.2) is 28.9 Å². The van der Waals surface area contributed by atoms with Crippen molar-refractivity contribution < 1.29 is 23.1 Å². The number of amides is 2. The van der Waals surface area contributed by atoms with E-state index < -0.39 is 29.0 Å². The predicted molar refractivity (Wildman–Crippen MR) is 120 cm³/mol. The fourth-order valence-electron chi connectivity index (χ4n) is 3.09. The van der Waals surface area contributed by atoms with E-state index in [2.05, 4.69) is 20.6 Å². The van der Waals surface area contributed by atoms with Gasteiger partial charge in [-0.25, -0.2) is 23.5 Å². The number of nitrogens with zero attached hydrogens (tertiary/aromatic N) is 2. The third kappa shape index (κ3) is 4.73. The summed E-state index contributed by atoms with van der Waals surface area (Å²) in [5.41, 5.74) is -0.0419. The Bertz CT molecular complexity index is 1400. The first kappa shape index (κ1) is 22.1. The van der Waals surface area contributed by atoms with Crippen LogP contribution in [0.15, 0.2) is 60.8 Å². The van der Waals surface area contributed by atoms with Crippen LogP contribution in [0.2, 0.25) is 5.02 Å². The number of aromatic nitrogens is 2. The van der Waals surface area contributed by atoms with Gasteiger partial charge in [-0.3, -0.25) is 4.79 Å². The highest BCUT2D eigenvalue weighted by atomic mass is 35.5. The molecule has 0 bridgehead atoms. The minimum Gasteiger partial charge on any atom is -0.480 e. The second kappa shape index (κ2) is 9.17. The summed E-state index contributed by atoms with van der Waals surface area (Å²) in [6.07, 6.45) is 1.41. The van der Waals surface area contributed by atoms with Gasteiger partial charge >= 0.3 is 6.03 Å². The standard InChI is InChI=1S/C23H15ClF2N4O3/c1-33-19-11-27-16-7-5-12(9-18(16)29-19)22(31)20-15(25)6-8-17(21(20)26)30-23(32)28-14-4-2-3-13(24)10-14/h2-11H,1H3,(H2,28,30,32). The quantitative estimate of drug-likeness (QED) is 0.380. The Labute approximate surface area is 191 Å². The summed E-state index contributed by atoms with van der Waals surface area (Å²) in [4.78, 5) is 33.5. The summed E-state index contributed by atoms with van der Waals surface area (Å²) in [6.45, 7) is 0. The molecule has 0 saturated carbocycles. The second-order valence-electron chi connectivity index (χ2n) is 6.82. The van der Waals surface area contributed by atoms with Gasteiger partial charge in [-0.05, 0) is 48.5 Å². The van der Waals surface area contributed by atoms with Gasteiger partial charge in [0.15, 0.2) is 11.6 Å². The molecule has 0 unspecified atom stereocenters. The number of ether oxygens (including phenoxy) is 1. The van der Waals surface area contributed by atoms with Crippen molar-refractivity contribution in [3.05, 3.63) is 88.6 Å². The normalized spacial score (nSPS) is 10.7. The molecule has 0 aliphatic carbocycles. The number of carbonyl (C=O) groups is 2. The molecule has 0 atom stereocenters. The Balaban J connectivity index is 1.63. The Hall–Kier alpha value is -4.11. The number of urea groups is 1. The Morgan fingerprint density at radius 1 is 1.00 bits per heavy atom. The molecule has 0 spiro atoms. The number of halogens is 3. The van der Waals surface area contributed by atoms with Crippen LogP contribution in [0.5, 0.6) is 5.88 Å². The van der Waals surface area contributed by atoms with Crippen LogP contribution < -0.4 is 15.4 Å². The van der Waals surface area contributed by atoms with Gasteiger partial charge in [0.05, 0.1) is 35.6 Å². The maximum atomic E-state index is 15.1. The third-order valence-corrected chi connectivity index (χ3v) is 4.88. The first-order chi connectivity index (χ1) is 15.9. The van der Waals surface area contributed by atoms with Gasteiger partial charge in [-0.2, -0.15) is 0 Å². The predicted octanol–water partition coefficient (Wildman–Crippen LogP) is 5.45. The molecule has 1 aromatic heterocycles. The molecule has 4 rings (SSSR count). The third-order valence-electron chi connectivity index (χ3n) is 4.64. The number of hydrogen-bond donors (Lipinski definition) is 2. The summed E-state index contributed by atoms with van der Waals surface area (Å²) in [5.74, 6) is -2.98. The van der Waals surface area contributed by atoms with E-state index in [1.165, 1.54) is 37.6 Å². The minimum absolute atomic E-state index is 0.0108. The zero-order chi connectivity index (χ0) is 23.5. The molecule has 33 heavy (non-hydrogen) atoms. The van der Waals surface area contributed by atoms with Gasteiger partial charge in [-0.15, -0.1) is 0 Å². The van der Waals surface area contributed by atoms with E-state index in [0.717, 1.165) is 12.1 Å². The molecule has 3 aromatic carbocycles. The maximum absolute atomic E-state index is 15.1. The fraction of sp³-hybridized carbons (Fsp3) is 0.0435. The van der Waals surface area contributed by atoms with Gasteiger partial charge in [0.2, 0.25) is 5.88 Å². The molecular weight excluding hydrogens is 454 g/mol. The first-order valence-corrected chi connectivity index (χ1v) is 9.90. The number of rotatable bonds is 5. The zero-order valence-electron chi connectivity index (χ0n) is 17.0. The Kier molecular flexibility index (Phi) is 6.14. The number of benzene rings is 3. The van der Waals surface area contributed by atoms with Gasteiger partial charge < -0.3 is 15.4 Å². The molecule has 1 heterocycles. The van der Waals surface area contributed by atoms with E-state index in [1.54, 1.807) is 18.2 Å². The van der Waals surface area contributed by atoms with Crippen molar-refractivity contribution in [2.45, 2.75) is 0 Å². The van der Waals surface area contributed by atoms with Crippen molar-refractivity contribution in [3.8, 4) is 5.88 Å². The monoisotopic (exact) mass is 468 g/mol. The molecule has 0 radical (unpaired) electrons. The van der Waals surface area contributed by atoms with Crippen molar-refractivity contribution in [2.75, 3.05) is 17.7 Å². The van der Waals surface area contributed by atoms with Crippen molar-refractivity contribution >= 4 is 45.8 Å². The lowest BCUT2D eigenvalue weighted by molar-refractivity contribution is 0.103. The number of methoxy groups -OCH3 is 1. The van der Waals surface area contributed by atoms with Crippen molar-refractivity contribution in [1.82, 2.24) is 9.97 Å². The fourth-order valence-corrected chi connectivity index (χ4v) is 3.28. The van der Waals surface area contributed by atoms with Crippen molar-refractivity contribution in [3.63, 3.8) is 0 Å². The van der Waals surface area contributed by atoms with Gasteiger partial charge in [-0.1, -0.05) is 17.7 Å². The number of carbonyl (C=O) groups excluding carboxylic acids is 2. The van der Waals surface area contributed by atoms with Gasteiger partial charge in [0.1, 0.15) is 5.82 Å². The molecule has 0 aliphatic heterocycles. The number of fused-ring (bicyclic) bond motifs is 1. The lowest BCUT2D eigenvalue weighted by Crippen LogP contribution is -2.21. The smallest absolute Gasteiger partial charge is 0.323 e. The van der Waals surface area contributed by atoms with Crippen LogP contribution in [0.25, 0.3) is 11.0 Å². The largest absolute Gasteiger partial charge is 0.480 e. The molecule has 2 N–H and O–H groups in total. The van der Waals surface area contributed by atoms with Crippen LogP contribution in [0, 0.1) is 11.6 Å². The van der Waals surface area contributed by atoms with Crippen LogP contribution in [0.3, 0.4) is 0 Å². The van der Waals surface area contributed by atoms with E-state index in [9.17, 15) is 14.0 Å². The highest BCUT2D eigenvalue weighted by Crippen LogP contribution is 2.26. The molecule has 0 saturated heterocycles. The average molecular weight is 469 g/mol. The molecule has 0 aliphatic rings. The van der Waals surface area contributed by atoms with E-state index in [4.69, 9.17) is 16.3 Å². The van der Waals surface area contributed by atoms with E-state index >= 15 is 4.39 Å². The van der Waals surface area contributed by atoms with Crippen LogP contribution in [0.4, 0.5) is 25.0 Å². The molecular formula is C23H15ClF2N4O3. The summed E-state index contributed by atoms with van der Waals surface area (Å²) in [7, 11) is 1.41. The Morgan fingerprint density at radius 3 is 2.58 bits per heavy atom. The summed E-state index contributed by atoms with van der Waals surface area (Å²) >= 11 is 5.87. The average Bonchev–Trinajstić information content (AvgIpc) is 2.80. The van der Waals surface area contributed by atoms with Crippen molar-refractivity contribution in [2.24, 2.45) is 0 Å². The molecule has 4 aromatic rings. The van der Waals surface area contributed by atoms with Gasteiger partial charge in [0.25, 0.3) is 0 Å². The van der Waals surface area contributed by atoms with Gasteiger partial charge in [0, 0.05) is 16.3 Å². The van der Waals surface area contributed by atoms with Crippen LogP contribution in [-0.2, 0) is 0 Å². The molecule has 7 nitrogen and oxygen atoms in total. The summed E-state index contributed by atoms with van der Waals surface area (Å²) < 4.78 is 34.6. The summed E-state index contributed by atoms with van der Waals surface area (Å²) in [6, 6.07) is 11.7. The lowest BCUT2D eigenvalue weighted by Gasteiger charge is -2.12. The van der Waals surface area contributed by atoms with E-state index in [1.807, 2.05) is 0 Å². The lowest BCUT2D eigenvalue weighted by atomic mass is 10.0. The molecule has 166 valence electrons. The number of nitrogens with one attached hydrogen (secondary N) is 2. The van der Waals surface area contributed by atoms with E-state index in [-0.39, 0.29) is 17.1 Å². The molecule has 0 fully saturated rings. The Morgan fingerprint density at radius 2 is 1.82 bits per heavy atom. The molecule has 2 amide bonds. The van der Waals surface area contributed by atoms with Crippen LogP contribution >= 0.6 is 11.6 Å². The highest BCUT2D eigenvalue weighted by molar-refractivity contribution is 6.30. The SMILES string of the molecule is COc1cnc2ccc(C(=O)c3c(F)ccc(NC(=O)Nc4cccc(Cl)c4)c3F)cc2n1. The second-order valence-corrected chi connectivity index (χ2v) is 7.25. The maximum Gasteiger partial charge on any atom is 0.323 e. The molecule has 10 heteroatoms. The number of anilines is 2.